The standard InChI is InChI=1S/C27H29BrFNO3/c1-17-7-5-6-8-18(17)15-30-21-11-12-24-22(14-21)25(31-4)26(27(2,3)33-24)32-16-19-9-10-20(28)13-23(19)29/h5-14,25-26,30H,15-16H2,1-4H3. The van der Waals surface area contributed by atoms with Gasteiger partial charge in [0.05, 0.1) is 6.61 Å². The number of hydrogen-bond donors (Lipinski definition) is 1. The van der Waals surface area contributed by atoms with Gasteiger partial charge in [-0.15, -0.1) is 0 Å². The van der Waals surface area contributed by atoms with Crippen LogP contribution in [0, 0.1) is 12.7 Å². The normalized spacial score (nSPS) is 19.0. The molecule has 0 saturated carbocycles. The summed E-state index contributed by atoms with van der Waals surface area (Å²) in [5.74, 6) is 0.457. The van der Waals surface area contributed by atoms with E-state index in [1.54, 1.807) is 19.2 Å². The summed E-state index contributed by atoms with van der Waals surface area (Å²) in [5, 5.41) is 3.50. The van der Waals surface area contributed by atoms with Crippen molar-refractivity contribution in [3.05, 3.63) is 93.2 Å². The van der Waals surface area contributed by atoms with Crippen molar-refractivity contribution in [3.63, 3.8) is 0 Å². The third-order valence-corrected chi connectivity index (χ3v) is 6.57. The zero-order valence-corrected chi connectivity index (χ0v) is 20.9. The number of nitrogens with one attached hydrogen (secondary N) is 1. The quantitative estimate of drug-likeness (QED) is 0.370. The fourth-order valence-corrected chi connectivity index (χ4v) is 4.54. The van der Waals surface area contributed by atoms with Crippen LogP contribution in [0.5, 0.6) is 5.75 Å². The van der Waals surface area contributed by atoms with Gasteiger partial charge in [0.2, 0.25) is 0 Å². The second kappa shape index (κ2) is 9.84. The van der Waals surface area contributed by atoms with Crippen LogP contribution in [0.1, 0.15) is 42.2 Å². The van der Waals surface area contributed by atoms with Gasteiger partial charge < -0.3 is 19.5 Å². The van der Waals surface area contributed by atoms with Crippen molar-refractivity contribution in [1.82, 2.24) is 0 Å². The van der Waals surface area contributed by atoms with Gasteiger partial charge in [-0.2, -0.15) is 0 Å². The second-order valence-corrected chi connectivity index (χ2v) is 9.78. The maximum absolute atomic E-state index is 14.3. The third-order valence-electron chi connectivity index (χ3n) is 6.08. The van der Waals surface area contributed by atoms with Crippen molar-refractivity contribution in [3.8, 4) is 5.75 Å². The van der Waals surface area contributed by atoms with Crippen molar-refractivity contribution in [2.75, 3.05) is 12.4 Å². The van der Waals surface area contributed by atoms with Gasteiger partial charge >= 0.3 is 0 Å². The van der Waals surface area contributed by atoms with Crippen LogP contribution in [0.15, 0.2) is 65.1 Å². The van der Waals surface area contributed by atoms with Crippen molar-refractivity contribution in [1.29, 1.82) is 0 Å². The van der Waals surface area contributed by atoms with Crippen LogP contribution in [0.4, 0.5) is 10.1 Å². The van der Waals surface area contributed by atoms with Gasteiger partial charge in [0.15, 0.2) is 0 Å². The van der Waals surface area contributed by atoms with Crippen molar-refractivity contribution < 1.29 is 18.6 Å². The highest BCUT2D eigenvalue weighted by Crippen LogP contribution is 2.44. The molecule has 0 bridgehead atoms. The summed E-state index contributed by atoms with van der Waals surface area (Å²) >= 11 is 3.29. The maximum atomic E-state index is 14.3. The Morgan fingerprint density at radius 3 is 2.58 bits per heavy atom. The Morgan fingerprint density at radius 1 is 1.06 bits per heavy atom. The molecule has 6 heteroatoms. The first-order chi connectivity index (χ1) is 15.8. The van der Waals surface area contributed by atoms with Gasteiger partial charge in [-0.25, -0.2) is 4.39 Å². The highest BCUT2D eigenvalue weighted by molar-refractivity contribution is 9.10. The first-order valence-corrected chi connectivity index (χ1v) is 11.8. The Labute approximate surface area is 203 Å². The van der Waals surface area contributed by atoms with E-state index in [1.807, 2.05) is 44.2 Å². The van der Waals surface area contributed by atoms with E-state index in [0.29, 0.717) is 10.0 Å². The van der Waals surface area contributed by atoms with E-state index >= 15 is 0 Å². The minimum Gasteiger partial charge on any atom is -0.485 e. The smallest absolute Gasteiger partial charge is 0.132 e. The van der Waals surface area contributed by atoms with Crippen LogP contribution in [0.2, 0.25) is 0 Å². The van der Waals surface area contributed by atoms with E-state index in [0.717, 1.165) is 23.5 Å². The Balaban J connectivity index is 1.55. The summed E-state index contributed by atoms with van der Waals surface area (Å²) in [6.07, 6.45) is -0.785. The largest absolute Gasteiger partial charge is 0.485 e. The Bertz CT molecular complexity index is 1130. The molecular weight excluding hydrogens is 485 g/mol. The summed E-state index contributed by atoms with van der Waals surface area (Å²) in [5.41, 5.74) is 4.21. The molecule has 0 amide bonds. The number of ether oxygens (including phenoxy) is 3. The number of rotatable bonds is 7. The van der Waals surface area contributed by atoms with E-state index in [9.17, 15) is 4.39 Å². The topological polar surface area (TPSA) is 39.7 Å². The number of aryl methyl sites for hydroxylation is 1. The van der Waals surface area contributed by atoms with E-state index in [1.165, 1.54) is 17.2 Å². The van der Waals surface area contributed by atoms with Gasteiger partial charge in [0, 0.05) is 34.9 Å². The Kier molecular flexibility index (Phi) is 7.07. The van der Waals surface area contributed by atoms with Crippen LogP contribution in [0.3, 0.4) is 0 Å². The highest BCUT2D eigenvalue weighted by Gasteiger charge is 2.45. The lowest BCUT2D eigenvalue weighted by Gasteiger charge is -2.44. The van der Waals surface area contributed by atoms with E-state index in [4.69, 9.17) is 14.2 Å². The molecule has 33 heavy (non-hydrogen) atoms. The number of methoxy groups -OCH3 is 1. The lowest BCUT2D eigenvalue weighted by atomic mass is 9.88. The van der Waals surface area contributed by atoms with Crippen LogP contribution in [-0.2, 0) is 22.6 Å². The fraction of sp³-hybridized carbons (Fsp3) is 0.333. The number of halogens is 2. The van der Waals surface area contributed by atoms with Gasteiger partial charge in [-0.3, -0.25) is 0 Å². The van der Waals surface area contributed by atoms with E-state index in [-0.39, 0.29) is 18.5 Å². The molecule has 1 aliphatic rings. The SMILES string of the molecule is COC1c2cc(NCc3ccccc3C)ccc2OC(C)(C)C1OCc1ccc(Br)cc1F. The molecule has 0 fully saturated rings. The summed E-state index contributed by atoms with van der Waals surface area (Å²) < 4.78 is 33.5. The molecule has 1 N–H and O–H groups in total. The summed E-state index contributed by atoms with van der Waals surface area (Å²) in [6, 6.07) is 19.3. The van der Waals surface area contributed by atoms with Crippen LogP contribution >= 0.6 is 15.9 Å². The van der Waals surface area contributed by atoms with Crippen LogP contribution in [0.25, 0.3) is 0 Å². The zero-order valence-electron chi connectivity index (χ0n) is 19.3. The van der Waals surface area contributed by atoms with Crippen molar-refractivity contribution >= 4 is 21.6 Å². The van der Waals surface area contributed by atoms with Gasteiger partial charge in [0.25, 0.3) is 0 Å². The predicted molar refractivity (Wildman–Crippen MR) is 132 cm³/mol. The number of fused-ring (bicyclic) bond motifs is 1. The first-order valence-electron chi connectivity index (χ1n) is 11.0. The molecule has 3 aromatic rings. The van der Waals surface area contributed by atoms with Crippen molar-refractivity contribution in [2.24, 2.45) is 0 Å². The molecular formula is C27H29BrFNO3. The molecule has 1 heterocycles. The Morgan fingerprint density at radius 2 is 1.85 bits per heavy atom. The fourth-order valence-electron chi connectivity index (χ4n) is 4.21. The molecule has 0 aromatic heterocycles. The lowest BCUT2D eigenvalue weighted by Crippen LogP contribution is -2.50. The number of anilines is 1. The lowest BCUT2D eigenvalue weighted by molar-refractivity contribution is -0.159. The molecule has 174 valence electrons. The third kappa shape index (κ3) is 5.24. The summed E-state index contributed by atoms with van der Waals surface area (Å²) in [4.78, 5) is 0. The highest BCUT2D eigenvalue weighted by atomic mass is 79.9. The molecule has 0 saturated heterocycles. The molecule has 4 rings (SSSR count). The first kappa shape index (κ1) is 23.7. The molecule has 0 spiro atoms. The molecule has 1 aliphatic heterocycles. The minimum absolute atomic E-state index is 0.122. The summed E-state index contributed by atoms with van der Waals surface area (Å²) in [6.45, 7) is 6.88. The molecule has 0 radical (unpaired) electrons. The van der Waals surface area contributed by atoms with Gasteiger partial charge in [-0.05, 0) is 62.2 Å². The molecule has 2 unspecified atom stereocenters. The predicted octanol–water partition coefficient (Wildman–Crippen LogP) is 6.95. The molecule has 0 aliphatic carbocycles. The molecule has 2 atom stereocenters. The maximum Gasteiger partial charge on any atom is 0.132 e. The number of hydrogen-bond acceptors (Lipinski definition) is 4. The minimum atomic E-state index is -0.657. The molecule has 3 aromatic carbocycles. The summed E-state index contributed by atoms with van der Waals surface area (Å²) in [7, 11) is 1.67. The van der Waals surface area contributed by atoms with Crippen LogP contribution < -0.4 is 10.1 Å². The second-order valence-electron chi connectivity index (χ2n) is 8.86. The van der Waals surface area contributed by atoms with E-state index in [2.05, 4.69) is 40.3 Å². The monoisotopic (exact) mass is 513 g/mol. The molecule has 4 nitrogen and oxygen atoms in total. The average molecular weight is 514 g/mol. The average Bonchev–Trinajstić information content (AvgIpc) is 2.77. The zero-order chi connectivity index (χ0) is 23.6. The van der Waals surface area contributed by atoms with E-state index < -0.39 is 11.7 Å². The van der Waals surface area contributed by atoms with Crippen LogP contribution in [-0.4, -0.2) is 18.8 Å². The number of benzene rings is 3. The van der Waals surface area contributed by atoms with Crippen molar-refractivity contribution in [2.45, 2.75) is 51.7 Å². The van der Waals surface area contributed by atoms with Gasteiger partial charge in [0.1, 0.15) is 29.4 Å². The Hall–Kier alpha value is -2.41. The van der Waals surface area contributed by atoms with Gasteiger partial charge in [-0.1, -0.05) is 46.3 Å².